The summed E-state index contributed by atoms with van der Waals surface area (Å²) in [5.41, 5.74) is 5.38. The Morgan fingerprint density at radius 1 is 0.804 bits per heavy atom. The summed E-state index contributed by atoms with van der Waals surface area (Å²) in [5.74, 6) is 1.00. The standard InChI is InChI=1S/C35H66O5S.C7H15N3/c1-5-7-9-11-15-19-23-33(24-20-16-12-10-8-6-2)40-35(38)32(25-27-36)30-41-29-26-34(37)39-28-21-17-13-14-18-22-31(3)4;1-9-5-6-10(7-9)4-2-3-8/h27,31-33H,5-26,28-30H2,1-4H3;5-6H,2-4,7-8H2,1H3. The molecule has 0 aliphatic carbocycles. The summed E-state index contributed by atoms with van der Waals surface area (Å²) in [6.07, 6.45) is 30.1. The van der Waals surface area contributed by atoms with Gasteiger partial charge < -0.3 is 29.8 Å². The van der Waals surface area contributed by atoms with Crippen molar-refractivity contribution in [1.29, 1.82) is 0 Å². The molecule has 8 nitrogen and oxygen atoms in total. The molecule has 51 heavy (non-hydrogen) atoms. The van der Waals surface area contributed by atoms with Crippen molar-refractivity contribution in [2.45, 2.75) is 181 Å². The van der Waals surface area contributed by atoms with Crippen LogP contribution in [0.3, 0.4) is 0 Å². The Balaban J connectivity index is 0.00000212. The molecule has 9 heteroatoms. The fraction of sp³-hybridized carbons (Fsp3) is 0.881. The maximum Gasteiger partial charge on any atom is 0.310 e. The number of hydrogen-bond acceptors (Lipinski definition) is 9. The van der Waals surface area contributed by atoms with E-state index in [1.807, 2.05) is 0 Å². The van der Waals surface area contributed by atoms with Crippen molar-refractivity contribution in [3.8, 4) is 0 Å². The Morgan fingerprint density at radius 3 is 1.90 bits per heavy atom. The molecule has 0 amide bonds. The van der Waals surface area contributed by atoms with Gasteiger partial charge in [0.25, 0.3) is 0 Å². The third-order valence-electron chi connectivity index (χ3n) is 9.30. The number of nitrogens with two attached hydrogens (primary N) is 1. The Kier molecular flexibility index (Phi) is 35.4. The smallest absolute Gasteiger partial charge is 0.310 e. The highest BCUT2D eigenvalue weighted by Crippen LogP contribution is 2.21. The molecule has 0 saturated heterocycles. The molecule has 0 aromatic rings. The molecule has 0 aromatic carbocycles. The first-order valence-electron chi connectivity index (χ1n) is 21.0. The first-order valence-corrected chi connectivity index (χ1v) is 22.1. The van der Waals surface area contributed by atoms with Crippen LogP contribution in [-0.2, 0) is 23.9 Å². The highest BCUT2D eigenvalue weighted by atomic mass is 32.2. The van der Waals surface area contributed by atoms with Gasteiger partial charge in [-0.1, -0.05) is 124 Å². The second-order valence-electron chi connectivity index (χ2n) is 14.9. The number of nitrogens with zero attached hydrogens (tertiary/aromatic N) is 2. The minimum Gasteiger partial charge on any atom is -0.466 e. The van der Waals surface area contributed by atoms with Gasteiger partial charge in [-0.15, -0.1) is 0 Å². The SMILES string of the molecule is CCCCCCCCC(CCCCCCCC)OC(=O)C(CC=O)CSCCC(=O)OCCCCCCCC(C)C.CN1C=CN(CCCN)C1. The van der Waals surface area contributed by atoms with Crippen molar-refractivity contribution in [1.82, 2.24) is 9.80 Å². The second kappa shape index (κ2) is 36.6. The Hall–Kier alpha value is -1.74. The lowest BCUT2D eigenvalue weighted by Gasteiger charge is -2.21. The van der Waals surface area contributed by atoms with Gasteiger partial charge in [-0.2, -0.15) is 11.8 Å². The zero-order valence-corrected chi connectivity index (χ0v) is 34.7. The van der Waals surface area contributed by atoms with E-state index in [9.17, 15) is 14.4 Å². The number of carbonyl (C=O) groups is 3. The molecule has 2 N–H and O–H groups in total. The maximum atomic E-state index is 13.0. The van der Waals surface area contributed by atoms with Crippen molar-refractivity contribution >= 4 is 30.0 Å². The van der Waals surface area contributed by atoms with Gasteiger partial charge in [0.05, 0.1) is 25.6 Å². The molecule has 0 fully saturated rings. The van der Waals surface area contributed by atoms with E-state index in [2.05, 4.69) is 56.9 Å². The minimum absolute atomic E-state index is 0.0517. The van der Waals surface area contributed by atoms with Crippen molar-refractivity contribution in [2.24, 2.45) is 17.6 Å². The Labute approximate surface area is 319 Å². The summed E-state index contributed by atoms with van der Waals surface area (Å²) in [5, 5.41) is 0. The number of rotatable bonds is 34. The predicted octanol–water partition coefficient (Wildman–Crippen LogP) is 10.3. The number of esters is 2. The van der Waals surface area contributed by atoms with Crippen molar-refractivity contribution in [2.75, 3.05) is 44.9 Å². The number of aldehydes is 1. The first-order chi connectivity index (χ1) is 24.8. The van der Waals surface area contributed by atoms with Gasteiger partial charge in [-0.25, -0.2) is 0 Å². The quantitative estimate of drug-likeness (QED) is 0.0392. The Morgan fingerprint density at radius 2 is 1.37 bits per heavy atom. The molecule has 0 radical (unpaired) electrons. The van der Waals surface area contributed by atoms with Gasteiger partial charge >= 0.3 is 11.9 Å². The van der Waals surface area contributed by atoms with Crippen LogP contribution in [0.5, 0.6) is 0 Å². The van der Waals surface area contributed by atoms with E-state index >= 15 is 0 Å². The number of ether oxygens (including phenoxy) is 2. The van der Waals surface area contributed by atoms with Crippen molar-refractivity contribution < 1.29 is 23.9 Å². The van der Waals surface area contributed by atoms with Crippen molar-refractivity contribution in [3.63, 3.8) is 0 Å². The molecule has 0 spiro atoms. The van der Waals surface area contributed by atoms with Crippen LogP contribution < -0.4 is 5.73 Å². The van der Waals surface area contributed by atoms with Crippen molar-refractivity contribution in [3.05, 3.63) is 12.4 Å². The lowest BCUT2D eigenvalue weighted by molar-refractivity contribution is -0.154. The molecule has 0 saturated carbocycles. The molecule has 1 aliphatic heterocycles. The molecule has 1 aliphatic rings. The van der Waals surface area contributed by atoms with Gasteiger partial charge in [-0.3, -0.25) is 9.59 Å². The van der Waals surface area contributed by atoms with E-state index in [1.165, 1.54) is 102 Å². The summed E-state index contributed by atoms with van der Waals surface area (Å²) >= 11 is 1.54. The van der Waals surface area contributed by atoms with Crippen LogP contribution in [0.1, 0.15) is 175 Å². The van der Waals surface area contributed by atoms with Crippen LogP contribution in [0.15, 0.2) is 12.4 Å². The van der Waals surface area contributed by atoms with Crippen LogP contribution in [-0.4, -0.2) is 79.0 Å². The fourth-order valence-corrected chi connectivity index (χ4v) is 7.06. The van der Waals surface area contributed by atoms with Gasteiger partial charge in [0.15, 0.2) is 0 Å². The van der Waals surface area contributed by atoms with E-state index < -0.39 is 5.92 Å². The maximum absolute atomic E-state index is 13.0. The number of thioether (sulfide) groups is 1. The average Bonchev–Trinajstić information content (AvgIpc) is 3.53. The highest BCUT2D eigenvalue weighted by Gasteiger charge is 2.23. The molecule has 300 valence electrons. The topological polar surface area (TPSA) is 102 Å². The number of unbranched alkanes of at least 4 members (excludes halogenated alkanes) is 14. The first kappa shape index (κ1) is 49.3. The average molecular weight is 740 g/mol. The summed E-state index contributed by atoms with van der Waals surface area (Å²) in [7, 11) is 2.07. The lowest BCUT2D eigenvalue weighted by atomic mass is 10.0. The van der Waals surface area contributed by atoms with Crippen LogP contribution in [0.25, 0.3) is 0 Å². The Bertz CT molecular complexity index is 827. The summed E-state index contributed by atoms with van der Waals surface area (Å²) < 4.78 is 11.4. The zero-order valence-electron chi connectivity index (χ0n) is 33.9. The van der Waals surface area contributed by atoms with E-state index in [4.69, 9.17) is 15.2 Å². The molecule has 1 rings (SSSR count). The van der Waals surface area contributed by atoms with E-state index in [-0.39, 0.29) is 24.5 Å². The van der Waals surface area contributed by atoms with Crippen LogP contribution in [0.2, 0.25) is 0 Å². The van der Waals surface area contributed by atoms with Gasteiger partial charge in [0.1, 0.15) is 12.4 Å². The van der Waals surface area contributed by atoms with Gasteiger partial charge in [-0.05, 0) is 51.0 Å². The third kappa shape index (κ3) is 32.6. The second-order valence-corrected chi connectivity index (χ2v) is 16.1. The minimum atomic E-state index is -0.444. The fourth-order valence-electron chi connectivity index (χ4n) is 6.03. The largest absolute Gasteiger partial charge is 0.466 e. The summed E-state index contributed by atoms with van der Waals surface area (Å²) in [6.45, 7) is 12.4. The molecular formula is C42H81N3O5S. The van der Waals surface area contributed by atoms with Crippen LogP contribution >= 0.6 is 11.8 Å². The van der Waals surface area contributed by atoms with E-state index in [0.29, 0.717) is 24.5 Å². The van der Waals surface area contributed by atoms with Crippen LogP contribution in [0.4, 0.5) is 0 Å². The molecule has 1 heterocycles. The number of carbonyl (C=O) groups excluding carboxylic acids is 3. The van der Waals surface area contributed by atoms with Crippen LogP contribution in [0, 0.1) is 11.8 Å². The summed E-state index contributed by atoms with van der Waals surface area (Å²) in [6, 6.07) is 0. The molecule has 0 bridgehead atoms. The molecule has 1 atom stereocenters. The highest BCUT2D eigenvalue weighted by molar-refractivity contribution is 7.99. The number of hydrogen-bond donors (Lipinski definition) is 1. The monoisotopic (exact) mass is 740 g/mol. The van der Waals surface area contributed by atoms with E-state index in [1.54, 1.807) is 0 Å². The molecular weight excluding hydrogens is 659 g/mol. The predicted molar refractivity (Wildman–Crippen MR) is 218 cm³/mol. The van der Waals surface area contributed by atoms with Gasteiger partial charge in [0.2, 0.25) is 0 Å². The molecule has 1 unspecified atom stereocenters. The van der Waals surface area contributed by atoms with Gasteiger partial charge in [0, 0.05) is 43.9 Å². The molecule has 0 aromatic heterocycles. The van der Waals surface area contributed by atoms with E-state index in [0.717, 1.165) is 76.9 Å². The zero-order chi connectivity index (χ0) is 37.8. The summed E-state index contributed by atoms with van der Waals surface area (Å²) in [4.78, 5) is 40.8. The lowest BCUT2D eigenvalue weighted by Crippen LogP contribution is -2.26. The normalized spacial score (nSPS) is 13.1. The third-order valence-corrected chi connectivity index (χ3v) is 10.4.